The molecule has 0 aliphatic heterocycles. The molecule has 0 bridgehead atoms. The van der Waals surface area contributed by atoms with Gasteiger partial charge in [-0.15, -0.1) is 0 Å². The zero-order valence-corrected chi connectivity index (χ0v) is 57.0. The van der Waals surface area contributed by atoms with Crippen LogP contribution in [0.15, 0.2) is 48.8 Å². The summed E-state index contributed by atoms with van der Waals surface area (Å²) >= 11 is 0. The van der Waals surface area contributed by atoms with Crippen molar-refractivity contribution >= 4 is 76.4 Å². The van der Waals surface area contributed by atoms with Crippen LogP contribution in [0.25, 0.3) is 0 Å². The Balaban J connectivity index is 3.10. The van der Waals surface area contributed by atoms with Gasteiger partial charge in [-0.3, -0.25) is 68.1 Å². The number of aliphatic hydroxyl groups is 3. The third kappa shape index (κ3) is 23.8. The van der Waals surface area contributed by atoms with Gasteiger partial charge in [-0.25, -0.2) is 4.79 Å². The first-order chi connectivity index (χ1) is 43.9. The number of rotatable bonds is 37. The molecule has 0 aliphatic carbocycles. The Morgan fingerprint density at radius 2 is 1.25 bits per heavy atom. The van der Waals surface area contributed by atoms with Crippen molar-refractivity contribution in [1.29, 1.82) is 5.41 Å². The lowest BCUT2D eigenvalue weighted by atomic mass is 9.65. The second-order valence-corrected chi connectivity index (χ2v) is 27.5. The number of anilines is 1. The van der Waals surface area contributed by atoms with Crippen LogP contribution in [0.4, 0.5) is 5.69 Å². The van der Waals surface area contributed by atoms with E-state index >= 15 is 28.8 Å². The molecular formula is C64H106N16O15. The van der Waals surface area contributed by atoms with Crippen molar-refractivity contribution in [3.63, 3.8) is 0 Å². The van der Waals surface area contributed by atoms with Gasteiger partial charge in [0.2, 0.25) is 41.4 Å². The molecule has 3 unspecified atom stereocenters. The number of hydrogen-bond donors (Lipinski definition) is 17. The van der Waals surface area contributed by atoms with Crippen molar-refractivity contribution in [3.8, 4) is 0 Å². The van der Waals surface area contributed by atoms with E-state index < -0.39 is 197 Å². The summed E-state index contributed by atoms with van der Waals surface area (Å²) in [7, 11) is 0. The summed E-state index contributed by atoms with van der Waals surface area (Å²) < 4.78 is 0. The van der Waals surface area contributed by atoms with Gasteiger partial charge < -0.3 is 87.1 Å². The molecule has 532 valence electrons. The number of hydrogen-bond acceptors (Lipinski definition) is 22. The summed E-state index contributed by atoms with van der Waals surface area (Å²) in [6.45, 7) is 17.7. The zero-order chi connectivity index (χ0) is 72.9. The number of guanidine groups is 1. The maximum Gasteiger partial charge on any atom is 0.329 e. The maximum absolute atomic E-state index is 16.7. The fraction of sp³-hybridized carbons (Fsp3) is 0.641. The molecule has 0 radical (unpaired) electrons. The summed E-state index contributed by atoms with van der Waals surface area (Å²) in [6, 6.07) is -7.30. The van der Waals surface area contributed by atoms with Crippen molar-refractivity contribution in [2.75, 3.05) is 25.4 Å². The first-order valence-electron chi connectivity index (χ1n) is 31.7. The van der Waals surface area contributed by atoms with E-state index in [-0.39, 0.29) is 60.6 Å². The number of ketones is 2. The van der Waals surface area contributed by atoms with Crippen LogP contribution in [0, 0.1) is 39.9 Å². The Morgan fingerprint density at radius 3 is 1.75 bits per heavy atom. The zero-order valence-electron chi connectivity index (χ0n) is 57.0. The van der Waals surface area contributed by atoms with Gasteiger partial charge in [0, 0.05) is 24.6 Å². The summed E-state index contributed by atoms with van der Waals surface area (Å²) in [6.07, 6.45) is -2.29. The maximum atomic E-state index is 16.7. The van der Waals surface area contributed by atoms with E-state index in [4.69, 9.17) is 45.5 Å². The van der Waals surface area contributed by atoms with Crippen LogP contribution in [0.1, 0.15) is 133 Å². The summed E-state index contributed by atoms with van der Waals surface area (Å²) in [5.74, 6) is -20.8. The molecule has 0 fully saturated rings. The van der Waals surface area contributed by atoms with Gasteiger partial charge >= 0.3 is 5.97 Å². The number of aromatic nitrogens is 1. The molecule has 2 aromatic rings. The number of nitrogens with two attached hydrogens (primary N) is 7. The molecule has 0 spiro atoms. The van der Waals surface area contributed by atoms with Gasteiger partial charge in [0.25, 0.3) is 5.91 Å². The van der Waals surface area contributed by atoms with E-state index in [9.17, 15) is 44.4 Å². The number of carboxylic acids is 1. The van der Waals surface area contributed by atoms with Crippen LogP contribution < -0.4 is 66.7 Å². The summed E-state index contributed by atoms with van der Waals surface area (Å²) in [5, 5.41) is 62.6. The van der Waals surface area contributed by atoms with Crippen LogP contribution >= 0.6 is 0 Å². The Morgan fingerprint density at radius 1 is 0.684 bits per heavy atom. The number of carbonyl (C=O) groups excluding carboxylic acids is 10. The molecule has 31 nitrogen and oxygen atoms in total. The molecule has 1 aromatic heterocycles. The standard InChI is InChI=1S/C64H106N16O15/c1-14-34(6)48(55(89)78-49(35(7)82)54(88)75-30-45(83)79(44(31-81)59(93)94)56(90)40(67)26-37-19-16-22-73-29-37)77-53(87)43(21-17-23-74-61(71)72)76-60(95)64(52(86)41(68)27-62(8,9)10,46(32(2)3)51(85)39(66)25-36-18-15-20-38(65)24-36)80(57(91)42(69)28-63(11,12)13)58(92)47(70)50(84)33(4)5/h15-16,18-20,22,24,29,32-35,39-44,46-50,81-82,84H,14,17,21,23,25-28,30-31,65-70H2,1-13H3,(H,75,88)(H,76,95)(H,77,87)(H,78,89)(H,93,94)(H4,71,72,74)/t34?,35-,39-,40-,41?,42+,43+,44-,46?,47-,48-,49-,50+,64+/m0/s1. The minimum Gasteiger partial charge on any atom is -0.480 e. The topological polar surface area (TPSA) is 554 Å². The average Bonchev–Trinajstić information content (AvgIpc) is 0.719. The van der Waals surface area contributed by atoms with Crippen LogP contribution in [0.2, 0.25) is 0 Å². The predicted molar refractivity (Wildman–Crippen MR) is 354 cm³/mol. The van der Waals surface area contributed by atoms with Gasteiger partial charge in [0.05, 0.1) is 55.4 Å². The minimum absolute atomic E-state index is 0.105. The van der Waals surface area contributed by atoms with E-state index in [1.54, 1.807) is 78.8 Å². The number of nitrogens with zero attached hydrogens (tertiary/aromatic N) is 3. The smallest absolute Gasteiger partial charge is 0.329 e. The number of nitrogen functional groups attached to an aromatic ring is 1. The van der Waals surface area contributed by atoms with Gasteiger partial charge in [-0.2, -0.15) is 0 Å². The minimum atomic E-state index is -3.51. The van der Waals surface area contributed by atoms with Crippen molar-refractivity contribution in [3.05, 3.63) is 59.9 Å². The second-order valence-electron chi connectivity index (χ2n) is 27.5. The first-order valence-corrected chi connectivity index (χ1v) is 31.7. The van der Waals surface area contributed by atoms with E-state index in [0.29, 0.717) is 11.1 Å². The molecule has 0 saturated heterocycles. The van der Waals surface area contributed by atoms with Crippen molar-refractivity contribution in [1.82, 2.24) is 41.4 Å². The first kappa shape index (κ1) is 83.2. The summed E-state index contributed by atoms with van der Waals surface area (Å²) in [5.41, 5.74) is 40.9. The van der Waals surface area contributed by atoms with E-state index in [1.807, 2.05) is 0 Å². The quantitative estimate of drug-likeness (QED) is 0.0110. The van der Waals surface area contributed by atoms with Crippen molar-refractivity contribution in [2.45, 2.75) is 207 Å². The average molecular weight is 1340 g/mol. The Hall–Kier alpha value is -7.91. The highest BCUT2D eigenvalue weighted by Crippen LogP contribution is 2.39. The number of pyridine rings is 1. The molecular weight excluding hydrogens is 1230 g/mol. The lowest BCUT2D eigenvalue weighted by Gasteiger charge is -2.49. The van der Waals surface area contributed by atoms with E-state index in [2.05, 4.69) is 31.6 Å². The third-order valence-corrected chi connectivity index (χ3v) is 16.0. The number of nitrogens with one attached hydrogen (secondary N) is 6. The highest BCUT2D eigenvalue weighted by Gasteiger charge is 2.66. The van der Waals surface area contributed by atoms with E-state index in [1.165, 1.54) is 53.1 Å². The molecule has 24 N–H and O–H groups in total. The number of carboxylic acid groups (broad SMARTS) is 1. The molecule has 95 heavy (non-hydrogen) atoms. The van der Waals surface area contributed by atoms with Crippen molar-refractivity contribution < 1.29 is 73.2 Å². The molecule has 0 saturated carbocycles. The fourth-order valence-electron chi connectivity index (χ4n) is 11.0. The van der Waals surface area contributed by atoms with Crippen LogP contribution in [0.5, 0.6) is 0 Å². The largest absolute Gasteiger partial charge is 0.480 e. The number of imide groups is 2. The molecule has 14 atom stereocenters. The molecule has 31 heteroatoms. The lowest BCUT2D eigenvalue weighted by Crippen LogP contribution is -2.79. The van der Waals surface area contributed by atoms with Gasteiger partial charge in [0.1, 0.15) is 24.2 Å². The third-order valence-electron chi connectivity index (χ3n) is 16.0. The molecule has 1 aromatic carbocycles. The SMILES string of the molecule is CCC(C)[C@H](NC(=O)[C@@H](CCCNC(=N)N)NC(=O)[C@](C(=O)C(N)CC(C)(C)C)(C(C(=O)[C@@H](N)Cc1cccc(N)c1)C(C)C)N(C(=O)[C@H](N)CC(C)(C)C)C(=O)[C@@H](N)[C@H](O)C(C)C)C(=O)N[C@H](C(=O)NCC(=O)N(C(=O)[C@@H](N)Cc1cccnc1)[C@@H](CO)C(=O)O)[C@H](C)O. The summed E-state index contributed by atoms with van der Waals surface area (Å²) in [4.78, 5) is 168. The lowest BCUT2D eigenvalue weighted by molar-refractivity contribution is -0.174. The normalized spacial score (nSPS) is 16.6. The fourth-order valence-corrected chi connectivity index (χ4v) is 11.0. The van der Waals surface area contributed by atoms with Gasteiger partial charge in [-0.1, -0.05) is 108 Å². The van der Waals surface area contributed by atoms with E-state index in [0.717, 1.165) is 6.92 Å². The number of amides is 8. The number of carbonyl (C=O) groups is 11. The van der Waals surface area contributed by atoms with Crippen molar-refractivity contribution in [2.24, 2.45) is 68.9 Å². The number of Topliss-reactive ketones (excluding diaryl/α,β-unsaturated/α-hetero) is 2. The van der Waals surface area contributed by atoms with Crippen LogP contribution in [0.3, 0.4) is 0 Å². The van der Waals surface area contributed by atoms with Gasteiger partial charge in [0.15, 0.2) is 29.1 Å². The molecule has 0 aliphatic rings. The predicted octanol–water partition coefficient (Wildman–Crippen LogP) is -2.46. The van der Waals surface area contributed by atoms with Crippen LogP contribution in [-0.2, 0) is 65.6 Å². The number of aliphatic hydroxyl groups excluding tert-OH is 3. The second kappa shape index (κ2) is 36.8. The Kier molecular flexibility index (Phi) is 32.2. The highest BCUT2D eigenvalue weighted by atomic mass is 16.4. The Bertz CT molecular complexity index is 2990. The monoisotopic (exact) mass is 1340 g/mol. The molecule has 8 amide bonds. The Labute approximate surface area is 555 Å². The van der Waals surface area contributed by atoms with Crippen LogP contribution in [-0.4, -0.2) is 198 Å². The molecule has 2 rings (SSSR count). The number of aliphatic carboxylic acids is 1. The molecule has 1 heterocycles. The number of benzene rings is 1. The van der Waals surface area contributed by atoms with Gasteiger partial charge in [-0.05, 0) is 103 Å². The highest BCUT2D eigenvalue weighted by molar-refractivity contribution is 6.23.